The van der Waals surface area contributed by atoms with Crippen molar-refractivity contribution >= 4 is 43.0 Å². The molecule has 1 unspecified atom stereocenters. The predicted octanol–water partition coefficient (Wildman–Crippen LogP) is 3.31. The molecule has 3 N–H and O–H groups in total. The quantitative estimate of drug-likeness (QED) is 0.384. The number of thioether (sulfide) groups is 1. The summed E-state index contributed by atoms with van der Waals surface area (Å²) in [7, 11) is -2.31. The number of nitrogens with one attached hydrogen (secondary N) is 1. The zero-order chi connectivity index (χ0) is 25.4. The van der Waals surface area contributed by atoms with Gasteiger partial charge in [-0.3, -0.25) is 19.1 Å². The largest absolute Gasteiger partial charge is 0.404 e. The van der Waals surface area contributed by atoms with Crippen molar-refractivity contribution < 1.29 is 18.7 Å². The smallest absolute Gasteiger partial charge is 0.280 e. The standard InChI is InChI=1S/C22H37N5O5SSi/c1-12(2)16(28)18(32-34(7,8)22(3,4)5)17-13(30-11-33-6)9-14(31-17)27-10-24-15-19(27)25-21(23)26-20(15)29/h10,12-14,17-18H,9,11H2,1-8H3,(H3,23,25,26,29)/t13-,14+,17-,18?/m0/s1. The van der Waals surface area contributed by atoms with E-state index in [1.54, 1.807) is 16.3 Å². The SMILES string of the molecule is CSCO[C@H]1C[C@H](n2cnc3c(=O)[nH]c(N)nc32)O[C@@H]1C(O[Si](C)(C)C(C)(C)C)C(=O)C(C)C. The molecule has 34 heavy (non-hydrogen) atoms. The lowest BCUT2D eigenvalue weighted by atomic mass is 9.97. The van der Waals surface area contributed by atoms with Gasteiger partial charge in [-0.1, -0.05) is 34.6 Å². The third-order valence-corrected chi connectivity index (χ3v) is 11.5. The van der Waals surface area contributed by atoms with Crippen molar-refractivity contribution in [3.05, 3.63) is 16.7 Å². The molecule has 0 radical (unpaired) electrons. The molecular formula is C22H37N5O5SSi. The van der Waals surface area contributed by atoms with E-state index in [4.69, 9.17) is 19.6 Å². The molecule has 0 spiro atoms. The van der Waals surface area contributed by atoms with Gasteiger partial charge in [0.25, 0.3) is 5.56 Å². The summed E-state index contributed by atoms with van der Waals surface area (Å²) < 4.78 is 21.0. The molecule has 1 aliphatic heterocycles. The van der Waals surface area contributed by atoms with Gasteiger partial charge in [-0.15, -0.1) is 11.8 Å². The fraction of sp³-hybridized carbons (Fsp3) is 0.727. The van der Waals surface area contributed by atoms with Crippen molar-refractivity contribution in [1.82, 2.24) is 19.5 Å². The summed E-state index contributed by atoms with van der Waals surface area (Å²) in [6.45, 7) is 14.4. The number of H-pyrrole nitrogens is 1. The first kappa shape index (κ1) is 26.9. The van der Waals surface area contributed by atoms with Crippen molar-refractivity contribution in [3.63, 3.8) is 0 Å². The highest BCUT2D eigenvalue weighted by atomic mass is 32.2. The summed E-state index contributed by atoms with van der Waals surface area (Å²) in [5.41, 5.74) is 5.85. The molecule has 3 heterocycles. The fourth-order valence-electron chi connectivity index (χ4n) is 3.68. The normalized spacial score (nSPS) is 22.6. The van der Waals surface area contributed by atoms with Crippen molar-refractivity contribution in [1.29, 1.82) is 0 Å². The zero-order valence-corrected chi connectivity index (χ0v) is 23.1. The summed E-state index contributed by atoms with van der Waals surface area (Å²) in [5.74, 6) is 0.212. The molecule has 0 aliphatic carbocycles. The fourth-order valence-corrected chi connectivity index (χ4v) is 5.23. The Morgan fingerprint density at radius 3 is 2.68 bits per heavy atom. The van der Waals surface area contributed by atoms with Crippen LogP contribution in [0.5, 0.6) is 0 Å². The van der Waals surface area contributed by atoms with Crippen LogP contribution < -0.4 is 11.3 Å². The molecule has 3 rings (SSSR count). The lowest BCUT2D eigenvalue weighted by molar-refractivity contribution is -0.143. The molecule has 190 valence electrons. The molecule has 4 atom stereocenters. The predicted molar refractivity (Wildman–Crippen MR) is 136 cm³/mol. The van der Waals surface area contributed by atoms with Crippen molar-refractivity contribution in [3.8, 4) is 0 Å². The Balaban J connectivity index is 2.01. The van der Waals surface area contributed by atoms with Crippen molar-refractivity contribution in [2.24, 2.45) is 5.92 Å². The third kappa shape index (κ3) is 5.40. The number of carbonyl (C=O) groups excluding carboxylic acids is 1. The Bertz CT molecular complexity index is 1080. The number of nitrogen functional groups attached to an aromatic ring is 1. The molecule has 12 heteroatoms. The van der Waals surface area contributed by atoms with Crippen LogP contribution in [0.2, 0.25) is 18.1 Å². The molecule has 0 bridgehead atoms. The van der Waals surface area contributed by atoms with E-state index in [1.165, 1.54) is 6.33 Å². The number of anilines is 1. The van der Waals surface area contributed by atoms with Gasteiger partial charge in [0, 0.05) is 12.3 Å². The van der Waals surface area contributed by atoms with Crippen molar-refractivity contribution in [2.75, 3.05) is 17.9 Å². The van der Waals surface area contributed by atoms with Gasteiger partial charge in [0.2, 0.25) is 5.95 Å². The van der Waals surface area contributed by atoms with Gasteiger partial charge < -0.3 is 19.6 Å². The summed E-state index contributed by atoms with van der Waals surface area (Å²) >= 11 is 1.55. The molecule has 0 aromatic carbocycles. The van der Waals surface area contributed by atoms with E-state index >= 15 is 0 Å². The molecule has 1 saturated heterocycles. The van der Waals surface area contributed by atoms with E-state index in [2.05, 4.69) is 48.8 Å². The zero-order valence-electron chi connectivity index (χ0n) is 21.2. The number of Topliss-reactive ketones (excluding diaryl/α,β-unsaturated/α-hetero) is 1. The van der Waals surface area contributed by atoms with Crippen LogP contribution in [0.25, 0.3) is 11.2 Å². The maximum atomic E-state index is 13.4. The van der Waals surface area contributed by atoms with Gasteiger partial charge in [-0.05, 0) is 24.4 Å². The van der Waals surface area contributed by atoms with Crippen LogP contribution in [0, 0.1) is 5.92 Å². The van der Waals surface area contributed by atoms with Crippen LogP contribution in [0.3, 0.4) is 0 Å². The average Bonchev–Trinajstić information content (AvgIpc) is 3.33. The highest BCUT2D eigenvalue weighted by molar-refractivity contribution is 7.98. The lowest BCUT2D eigenvalue weighted by Crippen LogP contribution is -2.53. The first-order valence-electron chi connectivity index (χ1n) is 11.5. The average molecular weight is 512 g/mol. The Hall–Kier alpha value is -1.73. The first-order chi connectivity index (χ1) is 15.8. The van der Waals surface area contributed by atoms with E-state index in [9.17, 15) is 9.59 Å². The van der Waals surface area contributed by atoms with E-state index in [0.717, 1.165) is 0 Å². The van der Waals surface area contributed by atoms with Crippen LogP contribution in [0.4, 0.5) is 5.95 Å². The minimum atomic E-state index is -2.31. The van der Waals surface area contributed by atoms with E-state index < -0.39 is 32.3 Å². The highest BCUT2D eigenvalue weighted by Crippen LogP contribution is 2.41. The summed E-state index contributed by atoms with van der Waals surface area (Å²) in [6.07, 6.45) is 1.61. The van der Waals surface area contributed by atoms with Gasteiger partial charge in [0.05, 0.1) is 18.4 Å². The second kappa shape index (κ2) is 10.1. The number of hydrogen-bond acceptors (Lipinski definition) is 9. The topological polar surface area (TPSA) is 134 Å². The number of hydrogen-bond donors (Lipinski definition) is 2. The Morgan fingerprint density at radius 2 is 2.09 bits per heavy atom. The van der Waals surface area contributed by atoms with Gasteiger partial charge in [-0.25, -0.2) is 4.98 Å². The molecule has 0 amide bonds. The summed E-state index contributed by atoms with van der Waals surface area (Å²) in [5, 5.41) is -0.0842. The monoisotopic (exact) mass is 511 g/mol. The number of carbonyl (C=O) groups is 1. The van der Waals surface area contributed by atoms with Crippen molar-refractivity contribution in [2.45, 2.75) is 83.7 Å². The number of imidazole rings is 1. The number of aromatic amines is 1. The molecule has 2 aromatic rings. The van der Waals surface area contributed by atoms with E-state index in [-0.39, 0.29) is 34.3 Å². The molecule has 1 fully saturated rings. The number of nitrogens with zero attached hydrogens (tertiary/aromatic N) is 3. The Kier molecular flexibility index (Phi) is 7.98. The molecule has 10 nitrogen and oxygen atoms in total. The number of aromatic nitrogens is 4. The summed E-state index contributed by atoms with van der Waals surface area (Å²) in [4.78, 5) is 36.6. The number of ether oxygens (including phenoxy) is 2. The molecule has 1 aliphatic rings. The van der Waals surface area contributed by atoms with E-state index in [0.29, 0.717) is 18.0 Å². The van der Waals surface area contributed by atoms with Gasteiger partial charge >= 0.3 is 0 Å². The van der Waals surface area contributed by atoms with Gasteiger partial charge in [-0.2, -0.15) is 4.98 Å². The summed E-state index contributed by atoms with van der Waals surface area (Å²) in [6, 6.07) is 0. The minimum Gasteiger partial charge on any atom is -0.404 e. The first-order valence-corrected chi connectivity index (χ1v) is 15.8. The maximum absolute atomic E-state index is 13.4. The number of nitrogens with two attached hydrogens (primary N) is 1. The van der Waals surface area contributed by atoms with Crippen LogP contribution in [0.15, 0.2) is 11.1 Å². The van der Waals surface area contributed by atoms with Crippen LogP contribution in [0.1, 0.15) is 47.3 Å². The Morgan fingerprint density at radius 1 is 1.41 bits per heavy atom. The maximum Gasteiger partial charge on any atom is 0.280 e. The van der Waals surface area contributed by atoms with Crippen LogP contribution in [-0.4, -0.2) is 64.1 Å². The molecule has 0 saturated carbocycles. The van der Waals surface area contributed by atoms with Crippen LogP contribution in [-0.2, 0) is 18.7 Å². The second-order valence-electron chi connectivity index (χ2n) is 10.5. The number of rotatable bonds is 9. The number of fused-ring (bicyclic) bond motifs is 1. The molecule has 2 aromatic heterocycles. The second-order valence-corrected chi connectivity index (χ2v) is 16.1. The van der Waals surface area contributed by atoms with Crippen LogP contribution >= 0.6 is 11.8 Å². The lowest BCUT2D eigenvalue weighted by Gasteiger charge is -2.41. The van der Waals surface area contributed by atoms with Gasteiger partial charge in [0.1, 0.15) is 18.4 Å². The van der Waals surface area contributed by atoms with Gasteiger partial charge in [0.15, 0.2) is 25.3 Å². The number of ketones is 1. The third-order valence-electron chi connectivity index (χ3n) is 6.65. The minimum absolute atomic E-state index is 0.00176. The Labute approximate surface area is 205 Å². The highest BCUT2D eigenvalue weighted by Gasteiger charge is 2.49. The molecular weight excluding hydrogens is 474 g/mol. The van der Waals surface area contributed by atoms with E-state index in [1.807, 2.05) is 20.1 Å².